The van der Waals surface area contributed by atoms with E-state index in [4.69, 9.17) is 14.6 Å². The Morgan fingerprint density at radius 3 is 2.96 bits per heavy atom. The Hall–Kier alpha value is -1.63. The molecule has 2 fully saturated rings. The number of benzene rings is 1. The number of likely N-dealkylation sites (N-methyl/N-ethyl adjacent to an activating group) is 1. The predicted octanol–water partition coefficient (Wildman–Crippen LogP) is 2.23. The van der Waals surface area contributed by atoms with E-state index in [2.05, 4.69) is 23.1 Å². The van der Waals surface area contributed by atoms with Gasteiger partial charge in [-0.25, -0.2) is 0 Å². The van der Waals surface area contributed by atoms with Gasteiger partial charge in [0.1, 0.15) is 5.75 Å². The van der Waals surface area contributed by atoms with Crippen molar-refractivity contribution in [2.24, 2.45) is 0 Å². The quantitative estimate of drug-likeness (QED) is 0.765. The molecular weight excluding hydrogens is 332 g/mol. The number of aliphatic carboxylic acids is 1. The maximum atomic E-state index is 10.8. The molecule has 144 valence electrons. The lowest BCUT2D eigenvalue weighted by Crippen LogP contribution is -2.47. The van der Waals surface area contributed by atoms with E-state index < -0.39 is 5.97 Å². The van der Waals surface area contributed by atoms with E-state index in [-0.39, 0.29) is 12.6 Å². The van der Waals surface area contributed by atoms with Crippen molar-refractivity contribution in [3.05, 3.63) is 29.8 Å². The highest BCUT2D eigenvalue weighted by Gasteiger charge is 2.23. The Labute approximate surface area is 155 Å². The summed E-state index contributed by atoms with van der Waals surface area (Å²) in [7, 11) is 1.82. The maximum Gasteiger partial charge on any atom is 0.317 e. The van der Waals surface area contributed by atoms with Gasteiger partial charge in [0.05, 0.1) is 25.4 Å². The molecule has 26 heavy (non-hydrogen) atoms. The summed E-state index contributed by atoms with van der Waals surface area (Å²) in [5.74, 6) is 0.166. The summed E-state index contributed by atoms with van der Waals surface area (Å²) in [6.45, 7) is 3.94. The summed E-state index contributed by atoms with van der Waals surface area (Å²) < 4.78 is 11.9. The lowest BCUT2D eigenvalue weighted by molar-refractivity contribution is -0.138. The molecule has 0 spiro atoms. The third kappa shape index (κ3) is 5.97. The summed E-state index contributed by atoms with van der Waals surface area (Å²) in [5, 5.41) is 8.88. The SMILES string of the molecule is CN(CC(=O)O)CC1CN(Cc2cccc(OC3CCCC3)c2)CCO1. The predicted molar refractivity (Wildman–Crippen MR) is 99.5 cm³/mol. The molecule has 1 saturated carbocycles. The van der Waals surface area contributed by atoms with Crippen molar-refractivity contribution in [1.29, 1.82) is 0 Å². The Bertz CT molecular complexity index is 589. The van der Waals surface area contributed by atoms with Crippen LogP contribution in [0.2, 0.25) is 0 Å². The average molecular weight is 362 g/mol. The highest BCUT2D eigenvalue weighted by atomic mass is 16.5. The molecular formula is C20H30N2O4. The first-order chi connectivity index (χ1) is 12.6. The molecule has 1 unspecified atom stereocenters. The second-order valence-electron chi connectivity index (χ2n) is 7.49. The third-order valence-electron chi connectivity index (χ3n) is 5.05. The summed E-state index contributed by atoms with van der Waals surface area (Å²) >= 11 is 0. The number of morpholine rings is 1. The Morgan fingerprint density at radius 1 is 1.38 bits per heavy atom. The van der Waals surface area contributed by atoms with Gasteiger partial charge >= 0.3 is 5.97 Å². The van der Waals surface area contributed by atoms with E-state index >= 15 is 0 Å². The Morgan fingerprint density at radius 2 is 2.19 bits per heavy atom. The largest absolute Gasteiger partial charge is 0.490 e. The Kier molecular flexibility index (Phi) is 6.88. The van der Waals surface area contributed by atoms with E-state index in [1.165, 1.54) is 31.2 Å². The molecule has 1 saturated heterocycles. The minimum Gasteiger partial charge on any atom is -0.490 e. The minimum atomic E-state index is -0.806. The number of carboxylic acids is 1. The summed E-state index contributed by atoms with van der Waals surface area (Å²) in [6, 6.07) is 8.41. The first-order valence-corrected chi connectivity index (χ1v) is 9.58. The zero-order valence-corrected chi connectivity index (χ0v) is 15.6. The molecule has 1 N–H and O–H groups in total. The molecule has 3 rings (SSSR count). The fourth-order valence-corrected chi connectivity index (χ4v) is 3.85. The summed E-state index contributed by atoms with van der Waals surface area (Å²) in [6.07, 6.45) is 5.30. The fraction of sp³-hybridized carbons (Fsp3) is 0.650. The minimum absolute atomic E-state index is 0.0421. The van der Waals surface area contributed by atoms with E-state index in [1.54, 1.807) is 4.90 Å². The summed E-state index contributed by atoms with van der Waals surface area (Å²) in [4.78, 5) is 15.0. The number of carbonyl (C=O) groups is 1. The van der Waals surface area contributed by atoms with Gasteiger partial charge in [-0.3, -0.25) is 14.6 Å². The van der Waals surface area contributed by atoms with Gasteiger partial charge in [-0.05, 0) is 50.4 Å². The number of carboxylic acid groups (broad SMARTS) is 1. The van der Waals surface area contributed by atoms with Crippen LogP contribution in [0, 0.1) is 0 Å². The van der Waals surface area contributed by atoms with Crippen LogP contribution in [-0.4, -0.2) is 72.9 Å². The van der Waals surface area contributed by atoms with Gasteiger partial charge in [-0.15, -0.1) is 0 Å². The smallest absolute Gasteiger partial charge is 0.317 e. The van der Waals surface area contributed by atoms with Crippen LogP contribution < -0.4 is 4.74 Å². The first-order valence-electron chi connectivity index (χ1n) is 9.58. The second-order valence-corrected chi connectivity index (χ2v) is 7.49. The van der Waals surface area contributed by atoms with Crippen LogP contribution in [0.4, 0.5) is 0 Å². The highest BCUT2D eigenvalue weighted by Crippen LogP contribution is 2.25. The van der Waals surface area contributed by atoms with Gasteiger partial charge in [-0.1, -0.05) is 12.1 Å². The fourth-order valence-electron chi connectivity index (χ4n) is 3.85. The molecule has 1 heterocycles. The van der Waals surface area contributed by atoms with Crippen molar-refractivity contribution in [2.75, 3.05) is 39.8 Å². The van der Waals surface area contributed by atoms with Crippen molar-refractivity contribution in [1.82, 2.24) is 9.80 Å². The van der Waals surface area contributed by atoms with Crippen molar-refractivity contribution in [3.63, 3.8) is 0 Å². The van der Waals surface area contributed by atoms with Crippen LogP contribution in [0.25, 0.3) is 0 Å². The molecule has 0 aromatic heterocycles. The molecule has 1 aromatic carbocycles. The molecule has 1 aliphatic heterocycles. The van der Waals surface area contributed by atoms with Crippen LogP contribution in [0.15, 0.2) is 24.3 Å². The summed E-state index contributed by atoms with van der Waals surface area (Å²) in [5.41, 5.74) is 1.25. The van der Waals surface area contributed by atoms with E-state index in [9.17, 15) is 4.79 Å². The third-order valence-corrected chi connectivity index (χ3v) is 5.05. The van der Waals surface area contributed by atoms with Crippen molar-refractivity contribution in [3.8, 4) is 5.75 Å². The van der Waals surface area contributed by atoms with Gasteiger partial charge in [0.15, 0.2) is 0 Å². The zero-order chi connectivity index (χ0) is 18.4. The van der Waals surface area contributed by atoms with E-state index in [0.717, 1.165) is 25.4 Å². The van der Waals surface area contributed by atoms with Crippen LogP contribution >= 0.6 is 0 Å². The molecule has 1 atom stereocenters. The van der Waals surface area contributed by atoms with Crippen LogP contribution in [-0.2, 0) is 16.1 Å². The lowest BCUT2D eigenvalue weighted by atomic mass is 10.1. The number of ether oxygens (including phenoxy) is 2. The van der Waals surface area contributed by atoms with Crippen molar-refractivity contribution in [2.45, 2.75) is 44.4 Å². The monoisotopic (exact) mass is 362 g/mol. The van der Waals surface area contributed by atoms with Crippen LogP contribution in [0.5, 0.6) is 5.75 Å². The molecule has 0 bridgehead atoms. The highest BCUT2D eigenvalue weighted by molar-refractivity contribution is 5.69. The lowest BCUT2D eigenvalue weighted by Gasteiger charge is -2.34. The van der Waals surface area contributed by atoms with Gasteiger partial charge in [-0.2, -0.15) is 0 Å². The number of hydrogen-bond donors (Lipinski definition) is 1. The van der Waals surface area contributed by atoms with Gasteiger partial charge in [0.2, 0.25) is 0 Å². The average Bonchev–Trinajstić information content (AvgIpc) is 3.07. The van der Waals surface area contributed by atoms with Crippen molar-refractivity contribution >= 4 is 5.97 Å². The normalized spacial score (nSPS) is 22.0. The standard InChI is InChI=1S/C20H30N2O4/c1-21(15-20(23)24)13-19-14-22(9-10-25-19)12-16-5-4-8-18(11-16)26-17-6-2-3-7-17/h4-5,8,11,17,19H,2-3,6-7,9-10,12-15H2,1H3,(H,23,24). The molecule has 1 aromatic rings. The van der Waals surface area contributed by atoms with E-state index in [0.29, 0.717) is 19.3 Å². The van der Waals surface area contributed by atoms with Crippen LogP contribution in [0.3, 0.4) is 0 Å². The number of hydrogen-bond acceptors (Lipinski definition) is 5. The van der Waals surface area contributed by atoms with E-state index in [1.807, 2.05) is 13.1 Å². The van der Waals surface area contributed by atoms with Gasteiger partial charge in [0, 0.05) is 26.2 Å². The van der Waals surface area contributed by atoms with Gasteiger partial charge < -0.3 is 14.6 Å². The molecule has 1 aliphatic carbocycles. The molecule has 0 radical (unpaired) electrons. The maximum absolute atomic E-state index is 10.8. The second kappa shape index (κ2) is 9.35. The molecule has 6 nitrogen and oxygen atoms in total. The molecule has 6 heteroatoms. The Balaban J connectivity index is 1.50. The molecule has 2 aliphatic rings. The zero-order valence-electron chi connectivity index (χ0n) is 15.6. The molecule has 0 amide bonds. The number of rotatable bonds is 8. The first kappa shape index (κ1) is 19.1. The van der Waals surface area contributed by atoms with Gasteiger partial charge in [0.25, 0.3) is 0 Å². The number of nitrogens with zero attached hydrogens (tertiary/aromatic N) is 2. The van der Waals surface area contributed by atoms with Crippen LogP contribution in [0.1, 0.15) is 31.2 Å². The van der Waals surface area contributed by atoms with Crippen molar-refractivity contribution < 1.29 is 19.4 Å². The topological polar surface area (TPSA) is 62.2 Å².